The summed E-state index contributed by atoms with van der Waals surface area (Å²) in [4.78, 5) is 24.2. The molecular formula is C15H15N7OS. The number of hydrogen-bond acceptors (Lipinski definition) is 8. The highest BCUT2D eigenvalue weighted by molar-refractivity contribution is 7.16. The molecule has 0 radical (unpaired) electrons. The second-order valence-corrected chi connectivity index (χ2v) is 6.00. The highest BCUT2D eigenvalue weighted by Gasteiger charge is 2.13. The molecule has 2 heterocycles. The molecule has 0 bridgehead atoms. The van der Waals surface area contributed by atoms with Gasteiger partial charge >= 0.3 is 0 Å². The number of nitrogens with zero attached hydrogens (tertiary/aromatic N) is 3. The molecule has 3 rings (SSSR count). The van der Waals surface area contributed by atoms with Crippen LogP contribution in [0.5, 0.6) is 0 Å². The number of hydrogen-bond donors (Lipinski definition) is 4. The van der Waals surface area contributed by atoms with Crippen LogP contribution in [0.4, 0.5) is 17.5 Å². The minimum absolute atomic E-state index is 0.191. The molecule has 0 saturated heterocycles. The molecule has 0 aliphatic heterocycles. The Kier molecular flexibility index (Phi) is 4.34. The average Bonchev–Trinajstić information content (AvgIpc) is 3.00. The first-order valence-corrected chi connectivity index (χ1v) is 7.96. The van der Waals surface area contributed by atoms with Gasteiger partial charge in [0.2, 0.25) is 5.95 Å². The molecule has 24 heavy (non-hydrogen) atoms. The predicted molar refractivity (Wildman–Crippen MR) is 95.3 cm³/mol. The van der Waals surface area contributed by atoms with Gasteiger partial charge in [-0.1, -0.05) is 0 Å². The molecule has 2 aromatic heterocycles. The van der Waals surface area contributed by atoms with Crippen molar-refractivity contribution in [2.45, 2.75) is 6.92 Å². The van der Waals surface area contributed by atoms with Gasteiger partial charge in [0.1, 0.15) is 11.4 Å². The normalized spacial score (nSPS) is 10.5. The van der Waals surface area contributed by atoms with Crippen molar-refractivity contribution >= 4 is 50.6 Å². The molecule has 122 valence electrons. The van der Waals surface area contributed by atoms with Crippen LogP contribution in [0.2, 0.25) is 0 Å². The van der Waals surface area contributed by atoms with Gasteiger partial charge in [-0.15, -0.1) is 11.3 Å². The van der Waals surface area contributed by atoms with E-state index in [0.717, 1.165) is 15.9 Å². The maximum atomic E-state index is 11.6. The summed E-state index contributed by atoms with van der Waals surface area (Å²) >= 11 is 1.53. The molecular weight excluding hydrogens is 326 g/mol. The van der Waals surface area contributed by atoms with E-state index in [1.807, 2.05) is 18.2 Å². The Balaban J connectivity index is 1.92. The molecule has 0 atom stereocenters. The van der Waals surface area contributed by atoms with Gasteiger partial charge in [0.05, 0.1) is 22.3 Å². The Labute approximate surface area is 141 Å². The number of nitrogens with one attached hydrogen (secondary N) is 3. The van der Waals surface area contributed by atoms with Gasteiger partial charge in [0.25, 0.3) is 5.91 Å². The van der Waals surface area contributed by atoms with Crippen LogP contribution < -0.4 is 16.4 Å². The van der Waals surface area contributed by atoms with E-state index in [-0.39, 0.29) is 5.56 Å². The molecule has 9 heteroatoms. The number of thiazole rings is 1. The van der Waals surface area contributed by atoms with Crippen LogP contribution in [0, 0.1) is 5.41 Å². The summed E-state index contributed by atoms with van der Waals surface area (Å²) in [6, 6.07) is 5.66. The average molecular weight is 341 g/mol. The monoisotopic (exact) mass is 341 g/mol. The Bertz CT molecular complexity index is 921. The highest BCUT2D eigenvalue weighted by atomic mass is 32.1. The first-order chi connectivity index (χ1) is 11.5. The van der Waals surface area contributed by atoms with E-state index < -0.39 is 5.91 Å². The van der Waals surface area contributed by atoms with E-state index in [1.165, 1.54) is 17.5 Å². The van der Waals surface area contributed by atoms with Crippen LogP contribution in [0.1, 0.15) is 17.3 Å². The van der Waals surface area contributed by atoms with E-state index in [4.69, 9.17) is 11.1 Å². The standard InChI is InChI=1S/C15H15N7OS/c1-8(16)5-18-15-19-6-10(13(17)23)14(22-15)21-9-2-3-11-12(4-9)24-7-20-11/h2-4,6-7,16H,5H2,1H3,(H2,17,23)(H2,18,19,21,22). The Morgan fingerprint density at radius 3 is 2.96 bits per heavy atom. The zero-order valence-corrected chi connectivity index (χ0v) is 13.6. The minimum Gasteiger partial charge on any atom is -0.365 e. The lowest BCUT2D eigenvalue weighted by Gasteiger charge is -2.11. The van der Waals surface area contributed by atoms with Crippen molar-refractivity contribution in [1.82, 2.24) is 15.0 Å². The summed E-state index contributed by atoms with van der Waals surface area (Å²) in [5, 5.41) is 13.4. The maximum absolute atomic E-state index is 11.6. The molecule has 0 spiro atoms. The molecule has 1 aromatic carbocycles. The van der Waals surface area contributed by atoms with Gasteiger partial charge in [-0.3, -0.25) is 4.79 Å². The van der Waals surface area contributed by atoms with Crippen molar-refractivity contribution in [2.75, 3.05) is 17.2 Å². The largest absolute Gasteiger partial charge is 0.365 e. The molecule has 8 nitrogen and oxygen atoms in total. The van der Waals surface area contributed by atoms with Crippen molar-refractivity contribution in [3.63, 3.8) is 0 Å². The lowest BCUT2D eigenvalue weighted by Crippen LogP contribution is -2.17. The Hall–Kier alpha value is -3.07. The third-order valence-corrected chi connectivity index (χ3v) is 3.95. The Morgan fingerprint density at radius 2 is 2.21 bits per heavy atom. The van der Waals surface area contributed by atoms with E-state index in [0.29, 0.717) is 24.0 Å². The zero-order chi connectivity index (χ0) is 17.1. The number of anilines is 3. The number of carbonyl (C=O) groups is 1. The topological polar surface area (TPSA) is 130 Å². The summed E-state index contributed by atoms with van der Waals surface area (Å²) in [5.74, 6) is 0.00520. The van der Waals surface area contributed by atoms with Crippen molar-refractivity contribution in [2.24, 2.45) is 5.73 Å². The number of amides is 1. The highest BCUT2D eigenvalue weighted by Crippen LogP contribution is 2.25. The van der Waals surface area contributed by atoms with Gasteiger partial charge < -0.3 is 21.8 Å². The van der Waals surface area contributed by atoms with Crippen LogP contribution in [-0.2, 0) is 0 Å². The van der Waals surface area contributed by atoms with Crippen molar-refractivity contribution in [1.29, 1.82) is 5.41 Å². The first kappa shape index (κ1) is 15.8. The van der Waals surface area contributed by atoms with E-state index in [1.54, 1.807) is 12.4 Å². The second kappa shape index (κ2) is 6.59. The summed E-state index contributed by atoms with van der Waals surface area (Å²) in [7, 11) is 0. The number of aromatic nitrogens is 3. The fourth-order valence-electron chi connectivity index (χ4n) is 2.02. The zero-order valence-electron chi connectivity index (χ0n) is 12.8. The van der Waals surface area contributed by atoms with Crippen molar-refractivity contribution in [3.8, 4) is 0 Å². The number of carbonyl (C=O) groups excluding carboxylic acids is 1. The smallest absolute Gasteiger partial charge is 0.254 e. The van der Waals surface area contributed by atoms with E-state index in [9.17, 15) is 4.79 Å². The lowest BCUT2D eigenvalue weighted by molar-refractivity contribution is 0.100. The van der Waals surface area contributed by atoms with Crippen LogP contribution in [0.15, 0.2) is 29.9 Å². The van der Waals surface area contributed by atoms with E-state index in [2.05, 4.69) is 25.6 Å². The number of rotatable bonds is 6. The first-order valence-electron chi connectivity index (χ1n) is 7.08. The van der Waals surface area contributed by atoms with Crippen LogP contribution in [0.3, 0.4) is 0 Å². The van der Waals surface area contributed by atoms with Gasteiger partial charge in [-0.25, -0.2) is 9.97 Å². The van der Waals surface area contributed by atoms with Crippen molar-refractivity contribution < 1.29 is 4.79 Å². The summed E-state index contributed by atoms with van der Waals surface area (Å²) in [6.45, 7) is 2.00. The van der Waals surface area contributed by atoms with Gasteiger partial charge in [-0.05, 0) is 25.1 Å². The number of benzene rings is 1. The van der Waals surface area contributed by atoms with E-state index >= 15 is 0 Å². The number of fused-ring (bicyclic) bond motifs is 1. The van der Waals surface area contributed by atoms with Crippen LogP contribution in [0.25, 0.3) is 10.2 Å². The molecule has 1 amide bonds. The molecule has 3 aromatic rings. The van der Waals surface area contributed by atoms with Crippen LogP contribution >= 0.6 is 11.3 Å². The SMILES string of the molecule is CC(=N)CNc1ncc(C(N)=O)c(Nc2ccc3ncsc3c2)n1. The summed E-state index contributed by atoms with van der Waals surface area (Å²) < 4.78 is 1.02. The summed E-state index contributed by atoms with van der Waals surface area (Å²) in [6.07, 6.45) is 1.37. The summed E-state index contributed by atoms with van der Waals surface area (Å²) in [5.41, 5.74) is 9.48. The lowest BCUT2D eigenvalue weighted by atomic mass is 10.2. The van der Waals surface area contributed by atoms with Gasteiger partial charge in [-0.2, -0.15) is 4.98 Å². The molecule has 5 N–H and O–H groups in total. The van der Waals surface area contributed by atoms with Gasteiger partial charge in [0, 0.05) is 17.6 Å². The molecule has 0 aliphatic carbocycles. The third-order valence-electron chi connectivity index (χ3n) is 3.16. The third kappa shape index (κ3) is 3.46. The van der Waals surface area contributed by atoms with Crippen molar-refractivity contribution in [3.05, 3.63) is 35.5 Å². The number of nitrogens with two attached hydrogens (primary N) is 1. The molecule has 0 saturated carbocycles. The molecule has 0 fully saturated rings. The predicted octanol–water partition coefficient (Wildman–Crippen LogP) is 2.38. The fourth-order valence-corrected chi connectivity index (χ4v) is 2.74. The molecule has 0 aliphatic rings. The second-order valence-electron chi connectivity index (χ2n) is 5.11. The molecule has 0 unspecified atom stereocenters. The Morgan fingerprint density at radius 1 is 1.38 bits per heavy atom. The quantitative estimate of drug-likeness (QED) is 0.509. The maximum Gasteiger partial charge on any atom is 0.254 e. The number of primary amides is 1. The van der Waals surface area contributed by atoms with Gasteiger partial charge in [0.15, 0.2) is 0 Å². The van der Waals surface area contributed by atoms with Crippen LogP contribution in [-0.4, -0.2) is 33.1 Å². The fraction of sp³-hybridized carbons (Fsp3) is 0.133. The minimum atomic E-state index is -0.619.